The zero-order valence-corrected chi connectivity index (χ0v) is 14.8. The van der Waals surface area contributed by atoms with Crippen LogP contribution < -0.4 is 9.32 Å². The summed E-state index contributed by atoms with van der Waals surface area (Å²) in [4.78, 5) is 0. The van der Waals surface area contributed by atoms with Gasteiger partial charge in [0.25, 0.3) is 0 Å². The molecule has 0 amide bonds. The fraction of sp³-hybridized carbons (Fsp3) is 0.667. The Hall–Kier alpha value is -1.11. The van der Waals surface area contributed by atoms with Gasteiger partial charge in [0.2, 0.25) is 0 Å². The van der Waals surface area contributed by atoms with E-state index >= 15 is 0 Å². The van der Waals surface area contributed by atoms with E-state index < -0.39 is 10.3 Å². The SMILES string of the molecule is C[C@]12CCC3c4ccc(OS(N)(=O)=O)cc4CCC3C1CC[C@H]2O. The number of aliphatic hydroxyl groups is 1. The second-order valence-electron chi connectivity index (χ2n) is 7.99. The van der Waals surface area contributed by atoms with Gasteiger partial charge in [-0.3, -0.25) is 0 Å². The monoisotopic (exact) mass is 351 g/mol. The third-order valence-corrected chi connectivity index (χ3v) is 7.29. The van der Waals surface area contributed by atoms with E-state index in [2.05, 4.69) is 6.92 Å². The molecular weight excluding hydrogens is 326 g/mol. The summed E-state index contributed by atoms with van der Waals surface area (Å²) in [5, 5.41) is 15.4. The van der Waals surface area contributed by atoms with Gasteiger partial charge in [-0.15, -0.1) is 0 Å². The van der Waals surface area contributed by atoms with Crippen LogP contribution in [0.15, 0.2) is 18.2 Å². The second kappa shape index (κ2) is 5.44. The normalized spacial score (nSPS) is 38.1. The number of aryl methyl sites for hydroxylation is 1. The van der Waals surface area contributed by atoms with Crippen LogP contribution in [0.4, 0.5) is 0 Å². The quantitative estimate of drug-likeness (QED) is 0.856. The average Bonchev–Trinajstić information content (AvgIpc) is 2.81. The second-order valence-corrected chi connectivity index (χ2v) is 9.14. The number of hydrogen-bond acceptors (Lipinski definition) is 4. The molecule has 3 unspecified atom stereocenters. The van der Waals surface area contributed by atoms with E-state index in [0.29, 0.717) is 23.5 Å². The van der Waals surface area contributed by atoms with Gasteiger partial charge in [-0.05, 0) is 85.0 Å². The van der Waals surface area contributed by atoms with Crippen molar-refractivity contribution in [1.82, 2.24) is 0 Å². The summed E-state index contributed by atoms with van der Waals surface area (Å²) in [5.41, 5.74) is 2.59. The topological polar surface area (TPSA) is 89.6 Å². The van der Waals surface area contributed by atoms with Crippen molar-refractivity contribution in [2.75, 3.05) is 0 Å². The van der Waals surface area contributed by atoms with Crippen molar-refractivity contribution in [3.8, 4) is 5.75 Å². The molecule has 6 heteroatoms. The van der Waals surface area contributed by atoms with Crippen LogP contribution in [0.5, 0.6) is 5.75 Å². The van der Waals surface area contributed by atoms with Gasteiger partial charge in [-0.1, -0.05) is 13.0 Å². The zero-order valence-electron chi connectivity index (χ0n) is 13.9. The van der Waals surface area contributed by atoms with E-state index in [1.54, 1.807) is 6.07 Å². The standard InChI is InChI=1S/C18H25NO4S/c1-18-9-8-14-13-5-3-12(23-24(19,21)22)10-11(13)2-4-15(14)16(18)6-7-17(18)20/h3,5,10,14-17,20H,2,4,6-9H2,1H3,(H2,19,21,22)/t14?,15?,16?,17-,18+/m1/s1. The first-order valence-electron chi connectivity index (χ1n) is 8.81. The van der Waals surface area contributed by atoms with Crippen molar-refractivity contribution in [1.29, 1.82) is 0 Å². The largest absolute Gasteiger partial charge is 0.393 e. The Morgan fingerprint density at radius 3 is 2.79 bits per heavy atom. The minimum absolute atomic E-state index is 0.0787. The fourth-order valence-electron chi connectivity index (χ4n) is 5.72. The van der Waals surface area contributed by atoms with Crippen molar-refractivity contribution in [3.05, 3.63) is 29.3 Å². The highest BCUT2D eigenvalue weighted by molar-refractivity contribution is 7.84. The molecule has 2 fully saturated rings. The van der Waals surface area contributed by atoms with Crippen molar-refractivity contribution < 1.29 is 17.7 Å². The van der Waals surface area contributed by atoms with Gasteiger partial charge < -0.3 is 9.29 Å². The molecule has 4 rings (SSSR count). The Labute approximate surface area is 143 Å². The summed E-state index contributed by atoms with van der Waals surface area (Å²) >= 11 is 0. The third-order valence-electron chi connectivity index (χ3n) is 6.86. The minimum Gasteiger partial charge on any atom is -0.393 e. The maximum atomic E-state index is 11.1. The number of benzene rings is 1. The lowest BCUT2D eigenvalue weighted by atomic mass is 9.55. The molecule has 3 aliphatic carbocycles. The predicted octanol–water partition coefficient (Wildman–Crippen LogP) is 2.49. The molecule has 0 bridgehead atoms. The van der Waals surface area contributed by atoms with Crippen molar-refractivity contribution in [2.24, 2.45) is 22.4 Å². The molecule has 3 N–H and O–H groups in total. The maximum absolute atomic E-state index is 11.1. The number of nitrogens with two attached hydrogens (primary N) is 1. The van der Waals surface area contributed by atoms with Crippen LogP contribution in [-0.2, 0) is 16.7 Å². The molecule has 0 aromatic heterocycles. The molecule has 1 aromatic rings. The highest BCUT2D eigenvalue weighted by Gasteiger charge is 2.54. The van der Waals surface area contributed by atoms with E-state index in [4.69, 9.17) is 9.32 Å². The Bertz CT molecular complexity index is 762. The van der Waals surface area contributed by atoms with Crippen LogP contribution in [0.3, 0.4) is 0 Å². The third kappa shape index (κ3) is 2.55. The lowest BCUT2D eigenvalue weighted by molar-refractivity contribution is -0.0226. The molecule has 0 radical (unpaired) electrons. The first-order valence-corrected chi connectivity index (χ1v) is 10.3. The van der Waals surface area contributed by atoms with Gasteiger partial charge in [0, 0.05) is 0 Å². The van der Waals surface area contributed by atoms with Gasteiger partial charge in [0.1, 0.15) is 5.75 Å². The summed E-state index contributed by atoms with van der Waals surface area (Å²) in [7, 11) is -3.98. The molecule has 24 heavy (non-hydrogen) atoms. The molecule has 5 atom stereocenters. The molecule has 1 aromatic carbocycles. The molecular formula is C18H25NO4S. The summed E-state index contributed by atoms with van der Waals surface area (Å²) in [5.74, 6) is 2.03. The molecule has 3 aliphatic rings. The van der Waals surface area contributed by atoms with Crippen LogP contribution >= 0.6 is 0 Å². The first-order chi connectivity index (χ1) is 11.3. The van der Waals surface area contributed by atoms with E-state index in [1.807, 2.05) is 12.1 Å². The molecule has 0 heterocycles. The molecule has 0 saturated heterocycles. The Morgan fingerprint density at radius 1 is 1.25 bits per heavy atom. The lowest BCUT2D eigenvalue weighted by Gasteiger charge is -2.50. The first kappa shape index (κ1) is 16.4. The number of hydrogen-bond donors (Lipinski definition) is 2. The zero-order chi connectivity index (χ0) is 17.1. The molecule has 0 spiro atoms. The number of rotatable bonds is 2. The average molecular weight is 351 g/mol. The fourth-order valence-corrected chi connectivity index (χ4v) is 6.09. The van der Waals surface area contributed by atoms with Crippen molar-refractivity contribution >= 4 is 10.3 Å². The molecule has 132 valence electrons. The predicted molar refractivity (Wildman–Crippen MR) is 90.8 cm³/mol. The molecule has 5 nitrogen and oxygen atoms in total. The minimum atomic E-state index is -3.98. The number of aliphatic hydroxyl groups excluding tert-OH is 1. The highest BCUT2D eigenvalue weighted by Crippen LogP contribution is 2.60. The van der Waals surface area contributed by atoms with Crippen LogP contribution in [0.2, 0.25) is 0 Å². The van der Waals surface area contributed by atoms with E-state index in [1.165, 1.54) is 11.1 Å². The van der Waals surface area contributed by atoms with Crippen molar-refractivity contribution in [3.63, 3.8) is 0 Å². The van der Waals surface area contributed by atoms with E-state index in [0.717, 1.165) is 38.5 Å². The van der Waals surface area contributed by atoms with Gasteiger partial charge >= 0.3 is 10.3 Å². The van der Waals surface area contributed by atoms with Crippen molar-refractivity contribution in [2.45, 2.75) is 57.5 Å². The summed E-state index contributed by atoms with van der Waals surface area (Å²) in [6.07, 6.45) is 6.09. The summed E-state index contributed by atoms with van der Waals surface area (Å²) < 4.78 is 27.1. The Morgan fingerprint density at radius 2 is 2.04 bits per heavy atom. The van der Waals surface area contributed by atoms with Gasteiger partial charge in [0.05, 0.1) is 6.10 Å². The summed E-state index contributed by atoms with van der Waals surface area (Å²) in [6, 6.07) is 5.55. The smallest absolute Gasteiger partial charge is 0.380 e. The number of fused-ring (bicyclic) bond motifs is 5. The van der Waals surface area contributed by atoms with Gasteiger partial charge in [0.15, 0.2) is 0 Å². The van der Waals surface area contributed by atoms with Crippen LogP contribution in [0, 0.1) is 17.3 Å². The molecule has 2 saturated carbocycles. The Balaban J connectivity index is 1.63. The van der Waals surface area contributed by atoms with Crippen LogP contribution in [0.1, 0.15) is 56.1 Å². The summed E-state index contributed by atoms with van der Waals surface area (Å²) in [6.45, 7) is 2.27. The van der Waals surface area contributed by atoms with E-state index in [-0.39, 0.29) is 11.5 Å². The maximum Gasteiger partial charge on any atom is 0.380 e. The lowest BCUT2D eigenvalue weighted by Crippen LogP contribution is -2.43. The Kier molecular flexibility index (Phi) is 3.71. The van der Waals surface area contributed by atoms with Gasteiger partial charge in [-0.2, -0.15) is 13.6 Å². The van der Waals surface area contributed by atoms with Gasteiger partial charge in [-0.25, -0.2) is 0 Å². The van der Waals surface area contributed by atoms with Crippen LogP contribution in [0.25, 0.3) is 0 Å². The molecule has 0 aliphatic heterocycles. The van der Waals surface area contributed by atoms with Crippen LogP contribution in [-0.4, -0.2) is 19.6 Å². The highest BCUT2D eigenvalue weighted by atomic mass is 32.2. The van der Waals surface area contributed by atoms with E-state index in [9.17, 15) is 13.5 Å².